The largest absolute Gasteiger partial charge is 0.382 e. The molecule has 136 valence electrons. The van der Waals surface area contributed by atoms with Crippen LogP contribution in [-0.4, -0.2) is 35.1 Å². The first-order chi connectivity index (χ1) is 12.9. The van der Waals surface area contributed by atoms with Crippen molar-refractivity contribution in [2.24, 2.45) is 12.8 Å². The van der Waals surface area contributed by atoms with Gasteiger partial charge in [0.1, 0.15) is 5.69 Å². The minimum atomic E-state index is -0.804. The maximum atomic E-state index is 13.1. The van der Waals surface area contributed by atoms with Gasteiger partial charge in [0.2, 0.25) is 0 Å². The molecule has 0 aliphatic heterocycles. The number of aromatic nitrogens is 6. The van der Waals surface area contributed by atoms with Crippen molar-refractivity contribution in [3.63, 3.8) is 0 Å². The third kappa shape index (κ3) is 2.38. The zero-order chi connectivity index (χ0) is 19.3. The third-order valence-electron chi connectivity index (χ3n) is 4.46. The Morgan fingerprint density at radius 3 is 2.52 bits per heavy atom. The summed E-state index contributed by atoms with van der Waals surface area (Å²) in [6.45, 7) is 1.82. The van der Waals surface area contributed by atoms with E-state index in [1.165, 1.54) is 4.52 Å². The fourth-order valence-electron chi connectivity index (χ4n) is 3.03. The smallest absolute Gasteiger partial charge is 0.281 e. The van der Waals surface area contributed by atoms with Crippen LogP contribution in [0.4, 0.5) is 5.82 Å². The number of hydrogen-bond donors (Lipinski definition) is 2. The van der Waals surface area contributed by atoms with Gasteiger partial charge in [-0.15, -0.1) is 10.2 Å². The van der Waals surface area contributed by atoms with Crippen LogP contribution < -0.4 is 17.0 Å². The van der Waals surface area contributed by atoms with Gasteiger partial charge in [-0.25, -0.2) is 4.68 Å². The number of fused-ring (bicyclic) bond motifs is 1. The molecule has 1 aromatic carbocycles. The molecule has 0 saturated heterocycles. The third-order valence-corrected chi connectivity index (χ3v) is 4.46. The summed E-state index contributed by atoms with van der Waals surface area (Å²) in [5, 5.41) is 12.0. The van der Waals surface area contributed by atoms with Crippen LogP contribution in [0.5, 0.6) is 0 Å². The average molecular weight is 364 g/mol. The van der Waals surface area contributed by atoms with Crippen LogP contribution in [0.1, 0.15) is 16.2 Å². The summed E-state index contributed by atoms with van der Waals surface area (Å²) < 4.78 is 4.56. The minimum absolute atomic E-state index is 0.0317. The molecule has 4 rings (SSSR count). The highest BCUT2D eigenvalue weighted by molar-refractivity contribution is 5.95. The lowest BCUT2D eigenvalue weighted by molar-refractivity contribution is 0.0995. The van der Waals surface area contributed by atoms with Gasteiger partial charge in [-0.1, -0.05) is 18.2 Å². The Morgan fingerprint density at radius 1 is 1.15 bits per heavy atom. The Labute approximate surface area is 152 Å². The van der Waals surface area contributed by atoms with Gasteiger partial charge in [-0.05, 0) is 19.1 Å². The van der Waals surface area contributed by atoms with Crippen molar-refractivity contribution in [3.8, 4) is 16.9 Å². The molecule has 0 fully saturated rings. The maximum Gasteiger partial charge on any atom is 0.281 e. The molecule has 0 bridgehead atoms. The number of anilines is 1. The first-order valence-electron chi connectivity index (χ1n) is 8.06. The first kappa shape index (κ1) is 16.5. The van der Waals surface area contributed by atoms with E-state index in [1.54, 1.807) is 22.5 Å². The monoisotopic (exact) mass is 364 g/mol. The second-order valence-electron chi connectivity index (χ2n) is 6.03. The normalized spacial score (nSPS) is 11.2. The van der Waals surface area contributed by atoms with Crippen LogP contribution in [0.2, 0.25) is 0 Å². The molecule has 0 atom stereocenters. The number of rotatable bonds is 3. The van der Waals surface area contributed by atoms with E-state index < -0.39 is 5.91 Å². The Bertz CT molecular complexity index is 1250. The zero-order valence-electron chi connectivity index (χ0n) is 14.6. The maximum absolute atomic E-state index is 13.1. The van der Waals surface area contributed by atoms with Crippen molar-refractivity contribution in [3.05, 3.63) is 58.1 Å². The second-order valence-corrected chi connectivity index (χ2v) is 6.03. The predicted molar refractivity (Wildman–Crippen MR) is 98.5 cm³/mol. The fraction of sp³-hybridized carbons (Fsp3) is 0.118. The Balaban J connectivity index is 1.96. The van der Waals surface area contributed by atoms with Gasteiger partial charge in [0.15, 0.2) is 17.2 Å². The lowest BCUT2D eigenvalue weighted by Crippen LogP contribution is -2.20. The molecular formula is C17H16N8O2. The summed E-state index contributed by atoms with van der Waals surface area (Å²) in [5.41, 5.74) is 13.3. The Hall–Kier alpha value is -3.95. The number of nitrogen functional groups attached to an aromatic ring is 1. The predicted octanol–water partition coefficient (Wildman–Crippen LogP) is 0.270. The van der Waals surface area contributed by atoms with Crippen LogP contribution in [0.25, 0.3) is 22.6 Å². The van der Waals surface area contributed by atoms with E-state index >= 15 is 0 Å². The van der Waals surface area contributed by atoms with Crippen molar-refractivity contribution in [1.29, 1.82) is 0 Å². The van der Waals surface area contributed by atoms with E-state index in [0.29, 0.717) is 22.6 Å². The van der Waals surface area contributed by atoms with Crippen molar-refractivity contribution < 1.29 is 4.79 Å². The molecule has 3 aromatic heterocycles. The summed E-state index contributed by atoms with van der Waals surface area (Å²) in [6, 6.07) is 10.9. The molecule has 10 nitrogen and oxygen atoms in total. The number of para-hydroxylation sites is 1. The SMILES string of the molecule is Cc1c(-c2cc3nnc(C(N)=O)c(N)n3n2)c(=O)n(-c2ccccc2)n1C. The molecule has 0 aliphatic rings. The molecule has 4 N–H and O–H groups in total. The van der Waals surface area contributed by atoms with Crippen LogP contribution in [0.3, 0.4) is 0 Å². The molecule has 0 aliphatic carbocycles. The molecule has 1 amide bonds. The van der Waals surface area contributed by atoms with Crippen LogP contribution >= 0.6 is 0 Å². The van der Waals surface area contributed by atoms with Gasteiger partial charge in [0.05, 0.1) is 11.3 Å². The van der Waals surface area contributed by atoms with E-state index in [1.807, 2.05) is 37.3 Å². The molecule has 10 heteroatoms. The van der Waals surface area contributed by atoms with Crippen LogP contribution in [0, 0.1) is 6.92 Å². The second kappa shape index (κ2) is 5.80. The Morgan fingerprint density at radius 2 is 1.85 bits per heavy atom. The quantitative estimate of drug-likeness (QED) is 0.535. The summed E-state index contributed by atoms with van der Waals surface area (Å²) >= 11 is 0. The number of carbonyl (C=O) groups excluding carboxylic acids is 1. The van der Waals surface area contributed by atoms with Crippen molar-refractivity contribution in [2.75, 3.05) is 5.73 Å². The lowest BCUT2D eigenvalue weighted by atomic mass is 10.2. The van der Waals surface area contributed by atoms with Gasteiger partial charge in [0, 0.05) is 18.8 Å². The average Bonchev–Trinajstić information content (AvgIpc) is 3.15. The van der Waals surface area contributed by atoms with Gasteiger partial charge in [0.25, 0.3) is 11.5 Å². The van der Waals surface area contributed by atoms with Crippen molar-refractivity contribution >= 4 is 17.4 Å². The standard InChI is InChI=1S/C17H16N8O2/c1-9-13(17(27)25(23(9)2)10-6-4-3-5-7-10)11-8-12-20-21-14(16(19)26)15(18)24(12)22-11/h3-8H,18H2,1-2H3,(H2,19,26). The number of amides is 1. The first-order valence-corrected chi connectivity index (χ1v) is 8.06. The highest BCUT2D eigenvalue weighted by Gasteiger charge is 2.22. The molecule has 0 spiro atoms. The van der Waals surface area contributed by atoms with E-state index in [4.69, 9.17) is 11.5 Å². The molecule has 0 unspecified atom stereocenters. The number of carbonyl (C=O) groups is 1. The van der Waals surface area contributed by atoms with Crippen molar-refractivity contribution in [2.45, 2.75) is 6.92 Å². The van der Waals surface area contributed by atoms with Crippen LogP contribution in [-0.2, 0) is 7.05 Å². The van der Waals surface area contributed by atoms with Gasteiger partial charge in [-0.3, -0.25) is 14.3 Å². The van der Waals surface area contributed by atoms with Crippen molar-refractivity contribution in [1.82, 2.24) is 29.2 Å². The number of benzene rings is 1. The number of primary amides is 1. The van der Waals surface area contributed by atoms with Gasteiger partial charge in [-0.2, -0.15) is 9.61 Å². The molecule has 0 saturated carbocycles. The topological polar surface area (TPSA) is 139 Å². The fourth-order valence-corrected chi connectivity index (χ4v) is 3.03. The Kier molecular flexibility index (Phi) is 3.55. The minimum Gasteiger partial charge on any atom is -0.382 e. The molecule has 3 heterocycles. The van der Waals surface area contributed by atoms with Gasteiger partial charge >= 0.3 is 0 Å². The van der Waals surface area contributed by atoms with E-state index in [0.717, 1.165) is 5.69 Å². The zero-order valence-corrected chi connectivity index (χ0v) is 14.6. The van der Waals surface area contributed by atoms with Gasteiger partial charge < -0.3 is 11.5 Å². The number of hydrogen-bond acceptors (Lipinski definition) is 6. The summed E-state index contributed by atoms with van der Waals surface area (Å²) in [7, 11) is 1.79. The number of nitrogens with two attached hydrogens (primary N) is 2. The number of nitrogens with zero attached hydrogens (tertiary/aromatic N) is 6. The summed E-state index contributed by atoms with van der Waals surface area (Å²) in [4.78, 5) is 24.5. The van der Waals surface area contributed by atoms with E-state index in [2.05, 4.69) is 15.3 Å². The summed E-state index contributed by atoms with van der Waals surface area (Å²) in [6.07, 6.45) is 0. The molecule has 0 radical (unpaired) electrons. The summed E-state index contributed by atoms with van der Waals surface area (Å²) in [5.74, 6) is -0.836. The molecule has 27 heavy (non-hydrogen) atoms. The lowest BCUT2D eigenvalue weighted by Gasteiger charge is -2.07. The highest BCUT2D eigenvalue weighted by Crippen LogP contribution is 2.22. The van der Waals surface area contributed by atoms with E-state index in [-0.39, 0.29) is 17.1 Å². The molecule has 4 aromatic rings. The molecular weight excluding hydrogens is 348 g/mol. The van der Waals surface area contributed by atoms with E-state index in [9.17, 15) is 9.59 Å². The highest BCUT2D eigenvalue weighted by atomic mass is 16.1. The van der Waals surface area contributed by atoms with Crippen LogP contribution in [0.15, 0.2) is 41.2 Å².